The minimum absolute atomic E-state index is 0.0392. The highest BCUT2D eigenvalue weighted by molar-refractivity contribution is 7.47. The summed E-state index contributed by atoms with van der Waals surface area (Å²) in [5.41, 5.74) is 0. The van der Waals surface area contributed by atoms with Gasteiger partial charge in [0.25, 0.3) is 0 Å². The number of nitrogens with one attached hydrogen (secondary N) is 1. The fourth-order valence-electron chi connectivity index (χ4n) is 8.28. The van der Waals surface area contributed by atoms with E-state index in [2.05, 4.69) is 165 Å². The van der Waals surface area contributed by atoms with E-state index in [9.17, 15) is 19.4 Å². The number of carbonyl (C=O) groups excluding carboxylic acids is 1. The van der Waals surface area contributed by atoms with Gasteiger partial charge < -0.3 is 19.8 Å². The van der Waals surface area contributed by atoms with Crippen molar-refractivity contribution >= 4 is 13.7 Å². The zero-order valence-corrected chi connectivity index (χ0v) is 52.6. The smallest absolute Gasteiger partial charge is 0.387 e. The maximum atomic E-state index is 13.0. The number of aliphatic hydroxyl groups is 1. The molecule has 3 atom stereocenters. The Bertz CT molecular complexity index is 1860. The average Bonchev–Trinajstić information content (AvgIpc) is 3.42. The van der Waals surface area contributed by atoms with E-state index in [0.717, 1.165) is 122 Å². The Morgan fingerprint density at radius 3 is 1.15 bits per heavy atom. The van der Waals surface area contributed by atoms with Crippen molar-refractivity contribution in [2.75, 3.05) is 40.9 Å². The molecule has 454 valence electrons. The number of quaternary nitrogens is 1. The van der Waals surface area contributed by atoms with Gasteiger partial charge in [0.15, 0.2) is 0 Å². The molecule has 1 amide bonds. The minimum Gasteiger partial charge on any atom is -0.387 e. The number of amides is 1. The van der Waals surface area contributed by atoms with Crippen molar-refractivity contribution in [1.82, 2.24) is 5.32 Å². The molecule has 80 heavy (non-hydrogen) atoms. The van der Waals surface area contributed by atoms with Gasteiger partial charge in [0, 0.05) is 6.42 Å². The molecular formula is C71H120N2O6P+. The highest BCUT2D eigenvalue weighted by atomic mass is 31.2. The predicted octanol–water partition coefficient (Wildman–Crippen LogP) is 20.2. The molecule has 3 N–H and O–H groups in total. The van der Waals surface area contributed by atoms with Crippen molar-refractivity contribution in [1.29, 1.82) is 0 Å². The van der Waals surface area contributed by atoms with Crippen molar-refractivity contribution < 1.29 is 32.9 Å². The standard InChI is InChI=1S/C71H119N2O6P/c1-6-8-10-12-14-16-18-20-22-24-26-28-30-31-32-33-34-35-36-37-38-39-40-41-43-45-47-49-51-53-55-57-59-61-63-65-71(75)72-69(68-79-80(76,77)78-67-66-73(3,4)5)70(74)64-62-60-58-56-54-52-50-48-46-44-42-29-27-25-23-21-19-17-15-13-11-9-7-2/h8,10,14,16,20,22,26,28,31-32,34-35,37-38,40-41,45-48,51,53-54,56,62,64,69-70,74H,6-7,9,11-13,15,17-19,21,23-25,27,29-30,33,36,39,42-44,49-50,52,55,57-61,63,65-68H2,1-5H3,(H-,72,75,76,77)/p+1/b10-8-,16-14-,22-20-,28-26-,32-31-,35-34-,38-37-,41-40-,47-45-,48-46+,53-51-,56-54+,64-62+. The third-order valence-electron chi connectivity index (χ3n) is 13.2. The lowest BCUT2D eigenvalue weighted by atomic mass is 10.0. The van der Waals surface area contributed by atoms with Crippen LogP contribution in [0.25, 0.3) is 0 Å². The van der Waals surface area contributed by atoms with E-state index in [0.29, 0.717) is 17.4 Å². The van der Waals surface area contributed by atoms with Crippen molar-refractivity contribution in [3.05, 3.63) is 158 Å². The summed E-state index contributed by atoms with van der Waals surface area (Å²) < 4.78 is 23.7. The SMILES string of the molecule is CC/C=C\C/C=C\C/C=C\C/C=C\C/C=C\C/C=C\C/C=C\C/C=C\C/C=C\C/C=C\CCCCCCC(=O)NC(COP(=O)(O)OCC[N+](C)(C)C)C(O)/C=C/CC/C=C/CC/C=C/CCCCCCCCCCCCCCC. The van der Waals surface area contributed by atoms with Crippen LogP contribution in [0.15, 0.2) is 158 Å². The molecule has 9 heteroatoms. The molecule has 0 bridgehead atoms. The first-order valence-electron chi connectivity index (χ1n) is 31.9. The molecule has 0 saturated heterocycles. The van der Waals surface area contributed by atoms with Gasteiger partial charge in [-0.25, -0.2) is 4.57 Å². The monoisotopic (exact) mass is 1130 g/mol. The summed E-state index contributed by atoms with van der Waals surface area (Å²) in [6.45, 7) is 4.64. The van der Waals surface area contributed by atoms with Crippen LogP contribution >= 0.6 is 7.82 Å². The molecule has 0 spiro atoms. The van der Waals surface area contributed by atoms with E-state index in [-0.39, 0.29) is 19.1 Å². The van der Waals surface area contributed by atoms with Crippen LogP contribution in [-0.2, 0) is 18.4 Å². The number of hydrogen-bond acceptors (Lipinski definition) is 5. The van der Waals surface area contributed by atoms with Crippen LogP contribution in [0, 0.1) is 0 Å². The number of allylic oxidation sites excluding steroid dienone is 25. The van der Waals surface area contributed by atoms with Gasteiger partial charge >= 0.3 is 7.82 Å². The van der Waals surface area contributed by atoms with Crippen molar-refractivity contribution in [3.63, 3.8) is 0 Å². The highest BCUT2D eigenvalue weighted by Crippen LogP contribution is 2.43. The second-order valence-corrected chi connectivity index (χ2v) is 23.5. The lowest BCUT2D eigenvalue weighted by molar-refractivity contribution is -0.870. The first kappa shape index (κ1) is 76.1. The van der Waals surface area contributed by atoms with Crippen LogP contribution in [0.4, 0.5) is 0 Å². The van der Waals surface area contributed by atoms with Gasteiger partial charge in [-0.3, -0.25) is 13.8 Å². The van der Waals surface area contributed by atoms with Crippen molar-refractivity contribution in [2.45, 2.75) is 244 Å². The molecule has 0 saturated carbocycles. The summed E-state index contributed by atoms with van der Waals surface area (Å²) >= 11 is 0. The number of unbranched alkanes of at least 4 members (excludes halogenated alkanes) is 19. The second-order valence-electron chi connectivity index (χ2n) is 22.0. The van der Waals surface area contributed by atoms with Gasteiger partial charge in [0.1, 0.15) is 13.2 Å². The predicted molar refractivity (Wildman–Crippen MR) is 350 cm³/mol. The number of hydrogen-bond donors (Lipinski definition) is 3. The van der Waals surface area contributed by atoms with Crippen LogP contribution in [0.2, 0.25) is 0 Å². The molecule has 3 unspecified atom stereocenters. The topological polar surface area (TPSA) is 105 Å². The zero-order valence-electron chi connectivity index (χ0n) is 51.8. The van der Waals surface area contributed by atoms with E-state index in [1.54, 1.807) is 6.08 Å². The Balaban J connectivity index is 4.33. The van der Waals surface area contributed by atoms with Crippen LogP contribution in [0.5, 0.6) is 0 Å². The maximum absolute atomic E-state index is 13.0. The van der Waals surface area contributed by atoms with Gasteiger partial charge in [-0.2, -0.15) is 0 Å². The number of nitrogens with zero attached hydrogens (tertiary/aromatic N) is 1. The van der Waals surface area contributed by atoms with Gasteiger partial charge in [-0.1, -0.05) is 262 Å². The molecule has 0 radical (unpaired) electrons. The zero-order chi connectivity index (χ0) is 58.4. The first-order valence-corrected chi connectivity index (χ1v) is 33.4. The summed E-state index contributed by atoms with van der Waals surface area (Å²) in [5.74, 6) is -0.221. The van der Waals surface area contributed by atoms with E-state index in [1.165, 1.54) is 89.9 Å². The summed E-state index contributed by atoms with van der Waals surface area (Å²) in [7, 11) is 1.50. The third kappa shape index (κ3) is 61.7. The fourth-order valence-corrected chi connectivity index (χ4v) is 9.01. The number of rotatable bonds is 56. The molecule has 0 aromatic carbocycles. The van der Waals surface area contributed by atoms with E-state index in [1.807, 2.05) is 27.2 Å². The summed E-state index contributed by atoms with van der Waals surface area (Å²) in [5, 5.41) is 13.9. The van der Waals surface area contributed by atoms with Crippen molar-refractivity contribution in [2.24, 2.45) is 0 Å². The van der Waals surface area contributed by atoms with Gasteiger partial charge in [0.2, 0.25) is 5.91 Å². The van der Waals surface area contributed by atoms with E-state index >= 15 is 0 Å². The van der Waals surface area contributed by atoms with E-state index < -0.39 is 20.0 Å². The number of phosphoric acid groups is 1. The third-order valence-corrected chi connectivity index (χ3v) is 14.2. The molecule has 0 heterocycles. The number of likely N-dealkylation sites (N-methyl/N-ethyl adjacent to an activating group) is 1. The Kier molecular flexibility index (Phi) is 56.8. The first-order chi connectivity index (χ1) is 39.0. The largest absolute Gasteiger partial charge is 0.472 e. The normalized spacial score (nSPS) is 14.8. The second kappa shape index (κ2) is 59.7. The minimum atomic E-state index is -4.38. The molecule has 0 fully saturated rings. The number of aliphatic hydroxyl groups excluding tert-OH is 1. The molecule has 0 rings (SSSR count). The van der Waals surface area contributed by atoms with Crippen LogP contribution in [-0.4, -0.2) is 73.4 Å². The molecule has 0 aliphatic heterocycles. The lowest BCUT2D eigenvalue weighted by Gasteiger charge is -2.25. The maximum Gasteiger partial charge on any atom is 0.472 e. The Hall–Kier alpha value is -3.88. The van der Waals surface area contributed by atoms with E-state index in [4.69, 9.17) is 9.05 Å². The molecule has 0 aliphatic carbocycles. The summed E-state index contributed by atoms with van der Waals surface area (Å²) in [4.78, 5) is 23.3. The molecule has 8 nitrogen and oxygen atoms in total. The molecule has 0 aromatic heterocycles. The highest BCUT2D eigenvalue weighted by Gasteiger charge is 2.27. The number of carbonyl (C=O) groups is 1. The van der Waals surface area contributed by atoms with Gasteiger partial charge in [-0.05, 0) is 122 Å². The van der Waals surface area contributed by atoms with Crippen molar-refractivity contribution in [3.8, 4) is 0 Å². The Morgan fingerprint density at radius 1 is 0.438 bits per heavy atom. The Morgan fingerprint density at radius 2 is 0.762 bits per heavy atom. The molecule has 0 aliphatic rings. The molecular weight excluding hydrogens is 1010 g/mol. The lowest BCUT2D eigenvalue weighted by Crippen LogP contribution is -2.45. The van der Waals surface area contributed by atoms with Crippen LogP contribution < -0.4 is 5.32 Å². The van der Waals surface area contributed by atoms with Gasteiger partial charge in [-0.15, -0.1) is 0 Å². The van der Waals surface area contributed by atoms with Crippen LogP contribution in [0.3, 0.4) is 0 Å². The summed E-state index contributed by atoms with van der Waals surface area (Å²) in [6, 6.07) is -0.897. The number of phosphoric ester groups is 1. The Labute approximate surface area is 492 Å². The average molecular weight is 1130 g/mol. The molecule has 0 aromatic rings. The summed E-state index contributed by atoms with van der Waals surface area (Å²) in [6.07, 6.45) is 93.6. The fraction of sp³-hybridized carbons (Fsp3) is 0.620. The van der Waals surface area contributed by atoms with Crippen LogP contribution in [0.1, 0.15) is 232 Å². The van der Waals surface area contributed by atoms with Gasteiger partial charge in [0.05, 0.1) is 39.9 Å². The quantitative estimate of drug-likeness (QED) is 0.0243.